The second kappa shape index (κ2) is 5.93. The number of pyridine rings is 1. The number of anilines is 2. The molecule has 0 saturated carbocycles. The van der Waals surface area contributed by atoms with Crippen LogP contribution in [-0.2, 0) is 0 Å². The van der Waals surface area contributed by atoms with E-state index in [-0.39, 0.29) is 0 Å². The van der Waals surface area contributed by atoms with Gasteiger partial charge in [0.25, 0.3) is 0 Å². The summed E-state index contributed by atoms with van der Waals surface area (Å²) in [6.07, 6.45) is 4.26. The molecule has 0 aliphatic carbocycles. The number of para-hydroxylation sites is 1. The Hall–Kier alpha value is -3.13. The largest absolute Gasteiger partial charge is 0.356 e. The fourth-order valence-corrected chi connectivity index (χ4v) is 2.70. The molecule has 0 bridgehead atoms. The van der Waals surface area contributed by atoms with Crippen LogP contribution in [-0.4, -0.2) is 0 Å². The van der Waals surface area contributed by atoms with E-state index in [1.807, 2.05) is 18.2 Å². The fourth-order valence-electron chi connectivity index (χ4n) is 2.70. The number of fused-ring (bicyclic) bond motifs is 1. The highest BCUT2D eigenvalue weighted by atomic mass is 14.9. The van der Waals surface area contributed by atoms with E-state index < -0.39 is 0 Å². The van der Waals surface area contributed by atoms with Gasteiger partial charge in [-0.3, -0.25) is 0 Å². The van der Waals surface area contributed by atoms with Crippen LogP contribution in [0.3, 0.4) is 0 Å². The molecule has 2 heteroatoms. The lowest BCUT2D eigenvalue weighted by Gasteiger charge is -2.06. The Balaban J connectivity index is 1.61. The molecule has 4 rings (SSSR count). The van der Waals surface area contributed by atoms with Gasteiger partial charge in [0, 0.05) is 35.0 Å². The van der Waals surface area contributed by atoms with Crippen molar-refractivity contribution in [2.24, 2.45) is 0 Å². The minimum atomic E-state index is 1.08. The summed E-state index contributed by atoms with van der Waals surface area (Å²) in [4.78, 5) is 0. The molecule has 2 nitrogen and oxygen atoms in total. The molecule has 4 aromatic rings. The second-order valence-corrected chi connectivity index (χ2v) is 5.52. The maximum absolute atomic E-state index is 3.40. The van der Waals surface area contributed by atoms with E-state index in [1.54, 1.807) is 0 Å². The zero-order valence-corrected chi connectivity index (χ0v) is 12.7. The van der Waals surface area contributed by atoms with E-state index in [1.165, 1.54) is 10.8 Å². The quantitative estimate of drug-likeness (QED) is 0.534. The number of aromatic nitrogens is 1. The maximum Gasteiger partial charge on any atom is 0.210 e. The highest BCUT2D eigenvalue weighted by Crippen LogP contribution is 2.17. The molecule has 110 valence electrons. The third-order valence-corrected chi connectivity index (χ3v) is 3.92. The fraction of sp³-hybridized carbons (Fsp3) is 0. The first-order chi connectivity index (χ1) is 11.4. The van der Waals surface area contributed by atoms with Crippen LogP contribution in [0.25, 0.3) is 16.5 Å². The first-order valence-corrected chi connectivity index (χ1v) is 7.71. The van der Waals surface area contributed by atoms with Gasteiger partial charge < -0.3 is 5.32 Å². The number of nitrogens with one attached hydrogen (secondary N) is 1. The van der Waals surface area contributed by atoms with Crippen molar-refractivity contribution in [1.29, 1.82) is 0 Å². The summed E-state index contributed by atoms with van der Waals surface area (Å²) in [7, 11) is 0. The van der Waals surface area contributed by atoms with Gasteiger partial charge in [0.2, 0.25) is 5.69 Å². The molecular weight excluding hydrogens is 280 g/mol. The van der Waals surface area contributed by atoms with Crippen molar-refractivity contribution in [2.45, 2.75) is 0 Å². The first-order valence-electron chi connectivity index (χ1n) is 7.71. The number of hydrogen-bond donors (Lipinski definition) is 1. The van der Waals surface area contributed by atoms with Crippen molar-refractivity contribution >= 4 is 22.1 Å². The molecule has 23 heavy (non-hydrogen) atoms. The van der Waals surface area contributed by atoms with Gasteiger partial charge in [-0.1, -0.05) is 36.4 Å². The monoisotopic (exact) mass is 297 g/mol. The Morgan fingerprint density at radius 2 is 1.22 bits per heavy atom. The van der Waals surface area contributed by atoms with Crippen LogP contribution in [0.4, 0.5) is 11.4 Å². The molecule has 0 spiro atoms. The van der Waals surface area contributed by atoms with Crippen LogP contribution >= 0.6 is 0 Å². The summed E-state index contributed by atoms with van der Waals surface area (Å²) in [6, 6.07) is 29.2. The molecule has 0 atom stereocenters. The molecular formula is C21H17N2+. The van der Waals surface area contributed by atoms with E-state index >= 15 is 0 Å². The third kappa shape index (κ3) is 2.92. The molecule has 0 fully saturated rings. The zero-order valence-electron chi connectivity index (χ0n) is 12.7. The number of hydrogen-bond acceptors (Lipinski definition) is 1. The van der Waals surface area contributed by atoms with Crippen LogP contribution < -0.4 is 9.88 Å². The lowest BCUT2D eigenvalue weighted by Crippen LogP contribution is -2.29. The van der Waals surface area contributed by atoms with Crippen LogP contribution in [0.5, 0.6) is 0 Å². The third-order valence-electron chi connectivity index (χ3n) is 3.92. The summed E-state index contributed by atoms with van der Waals surface area (Å²) in [5, 5.41) is 5.90. The number of nitrogens with zero attached hydrogens (tertiary/aromatic N) is 1. The molecule has 1 aromatic heterocycles. The van der Waals surface area contributed by atoms with Gasteiger partial charge in [0.05, 0.1) is 0 Å². The van der Waals surface area contributed by atoms with Gasteiger partial charge in [0.1, 0.15) is 0 Å². The normalized spacial score (nSPS) is 10.6. The summed E-state index contributed by atoms with van der Waals surface area (Å²) in [5.74, 6) is 0. The van der Waals surface area contributed by atoms with Gasteiger partial charge in [0.15, 0.2) is 12.4 Å². The van der Waals surface area contributed by atoms with Gasteiger partial charge in [-0.15, -0.1) is 0 Å². The Morgan fingerprint density at radius 1 is 0.565 bits per heavy atom. The van der Waals surface area contributed by atoms with Crippen LogP contribution in [0.1, 0.15) is 0 Å². The summed E-state index contributed by atoms with van der Waals surface area (Å²) in [5.41, 5.74) is 3.33. The smallest absolute Gasteiger partial charge is 0.210 e. The molecule has 0 saturated heterocycles. The highest BCUT2D eigenvalue weighted by Gasteiger charge is 2.07. The maximum atomic E-state index is 3.40. The van der Waals surface area contributed by atoms with E-state index in [0.717, 1.165) is 17.1 Å². The van der Waals surface area contributed by atoms with Crippen LogP contribution in [0.15, 0.2) is 97.3 Å². The van der Waals surface area contributed by atoms with E-state index in [4.69, 9.17) is 0 Å². The molecule has 0 amide bonds. The summed E-state index contributed by atoms with van der Waals surface area (Å²) in [6.45, 7) is 0. The number of rotatable bonds is 3. The minimum Gasteiger partial charge on any atom is -0.356 e. The van der Waals surface area contributed by atoms with Crippen molar-refractivity contribution < 1.29 is 4.57 Å². The van der Waals surface area contributed by atoms with Crippen molar-refractivity contribution in [3.8, 4) is 5.69 Å². The van der Waals surface area contributed by atoms with E-state index in [2.05, 4.69) is 89.0 Å². The van der Waals surface area contributed by atoms with Crippen molar-refractivity contribution in [3.63, 3.8) is 0 Å². The molecule has 0 aliphatic rings. The topological polar surface area (TPSA) is 15.9 Å². The van der Waals surface area contributed by atoms with Crippen LogP contribution in [0.2, 0.25) is 0 Å². The Bertz CT molecular complexity index is 928. The zero-order chi connectivity index (χ0) is 15.5. The molecule has 1 N–H and O–H groups in total. The molecule has 0 aliphatic heterocycles. The lowest BCUT2D eigenvalue weighted by molar-refractivity contribution is -0.594. The Labute approximate surface area is 135 Å². The average Bonchev–Trinajstić information content (AvgIpc) is 2.63. The predicted molar refractivity (Wildman–Crippen MR) is 95.2 cm³/mol. The van der Waals surface area contributed by atoms with Crippen LogP contribution in [0, 0.1) is 0 Å². The van der Waals surface area contributed by atoms with Crippen molar-refractivity contribution in [1.82, 2.24) is 0 Å². The Kier molecular flexibility index (Phi) is 3.49. The summed E-state index contributed by atoms with van der Waals surface area (Å²) >= 11 is 0. The van der Waals surface area contributed by atoms with E-state index in [9.17, 15) is 0 Å². The molecule has 1 heterocycles. The minimum absolute atomic E-state index is 1.08. The van der Waals surface area contributed by atoms with Gasteiger partial charge in [-0.05, 0) is 35.7 Å². The predicted octanol–water partition coefficient (Wildman–Crippen LogP) is 4.86. The molecule has 3 aromatic carbocycles. The average molecular weight is 297 g/mol. The first kappa shape index (κ1) is 13.5. The Morgan fingerprint density at radius 3 is 2.00 bits per heavy atom. The molecule has 0 unspecified atom stereocenters. The SMILES string of the molecule is c1ccc(Nc2ccc(-[n+]3ccc4ccccc4c3)cc2)cc1. The van der Waals surface area contributed by atoms with Crippen molar-refractivity contribution in [3.05, 3.63) is 97.3 Å². The second-order valence-electron chi connectivity index (χ2n) is 5.52. The standard InChI is InChI=1S/C21H17N2/c1-2-8-19(9-3-1)22-20-10-12-21(13-11-20)23-15-14-17-6-4-5-7-18(17)16-23/h1-16,22H/q+1. The highest BCUT2D eigenvalue weighted by molar-refractivity contribution is 5.80. The van der Waals surface area contributed by atoms with E-state index in [0.29, 0.717) is 0 Å². The lowest BCUT2D eigenvalue weighted by atomic mass is 10.2. The summed E-state index contributed by atoms with van der Waals surface area (Å²) < 4.78 is 2.15. The van der Waals surface area contributed by atoms with Gasteiger partial charge in [-0.25, -0.2) is 0 Å². The number of benzene rings is 3. The molecule has 0 radical (unpaired) electrons. The van der Waals surface area contributed by atoms with Crippen molar-refractivity contribution in [2.75, 3.05) is 5.32 Å². The van der Waals surface area contributed by atoms with Gasteiger partial charge in [-0.2, -0.15) is 4.57 Å². The van der Waals surface area contributed by atoms with Gasteiger partial charge >= 0.3 is 0 Å².